The average molecular weight is 428 g/mol. The Morgan fingerprint density at radius 1 is 1.07 bits per heavy atom. The Labute approximate surface area is 171 Å². The summed E-state index contributed by atoms with van der Waals surface area (Å²) >= 11 is 1.41. The number of piperidine rings is 1. The summed E-state index contributed by atoms with van der Waals surface area (Å²) in [5.74, 6) is -0.915. The van der Waals surface area contributed by atoms with Gasteiger partial charge in [0.2, 0.25) is 21.8 Å². The van der Waals surface area contributed by atoms with Crippen LogP contribution in [-0.4, -0.2) is 29.5 Å². The number of nitrogens with one attached hydrogen (secondary N) is 1. The second kappa shape index (κ2) is 6.72. The van der Waals surface area contributed by atoms with Crippen molar-refractivity contribution >= 4 is 43.4 Å². The van der Waals surface area contributed by atoms with Crippen LogP contribution in [0.2, 0.25) is 0 Å². The third kappa shape index (κ3) is 3.15. The highest BCUT2D eigenvalue weighted by atomic mass is 32.2. The largest absolute Gasteiger partial charge is 0.296 e. The topological polar surface area (TPSA) is 96.4 Å². The van der Waals surface area contributed by atoms with Gasteiger partial charge in [-0.3, -0.25) is 14.9 Å². The lowest BCUT2D eigenvalue weighted by molar-refractivity contribution is -0.134. The van der Waals surface area contributed by atoms with Gasteiger partial charge in [-0.1, -0.05) is 18.2 Å². The van der Waals surface area contributed by atoms with Gasteiger partial charge in [-0.2, -0.15) is 4.31 Å². The smallest absolute Gasteiger partial charge is 0.243 e. The van der Waals surface area contributed by atoms with Crippen LogP contribution in [-0.2, 0) is 32.7 Å². The molecule has 0 bridgehead atoms. The Balaban J connectivity index is 1.42. The van der Waals surface area contributed by atoms with Gasteiger partial charge in [-0.15, -0.1) is 11.3 Å². The van der Waals surface area contributed by atoms with Crippen molar-refractivity contribution in [1.29, 1.82) is 0 Å². The van der Waals surface area contributed by atoms with Gasteiger partial charge in [0.05, 0.1) is 26.5 Å². The number of carbonyl (C=O) groups excluding carboxylic acids is 2. The van der Waals surface area contributed by atoms with Crippen LogP contribution in [0.1, 0.15) is 35.4 Å². The quantitative estimate of drug-likeness (QED) is 0.648. The molecule has 0 radical (unpaired) electrons. The van der Waals surface area contributed by atoms with Gasteiger partial charge in [-0.25, -0.2) is 13.4 Å². The van der Waals surface area contributed by atoms with E-state index in [1.165, 1.54) is 15.6 Å². The predicted octanol–water partition coefficient (Wildman–Crippen LogP) is 2.52. The minimum absolute atomic E-state index is 0.248. The Morgan fingerprint density at radius 3 is 2.72 bits per heavy atom. The normalized spacial score (nSPS) is 20.1. The van der Waals surface area contributed by atoms with Gasteiger partial charge in [0.15, 0.2) is 0 Å². The van der Waals surface area contributed by atoms with Crippen LogP contribution in [0.4, 0.5) is 0 Å². The highest BCUT2D eigenvalue weighted by Crippen LogP contribution is 2.33. The number of nitrogens with zero attached hydrogens (tertiary/aromatic N) is 2. The van der Waals surface area contributed by atoms with Crippen molar-refractivity contribution in [3.05, 3.63) is 58.6 Å². The number of rotatable bonds is 3. The van der Waals surface area contributed by atoms with Crippen molar-refractivity contribution in [3.63, 3.8) is 0 Å². The minimum atomic E-state index is -3.64. The summed E-state index contributed by atoms with van der Waals surface area (Å²) < 4.78 is 28.6. The molecule has 2 aliphatic rings. The molecule has 1 saturated heterocycles. The molecule has 1 N–H and O–H groups in total. The summed E-state index contributed by atoms with van der Waals surface area (Å²) in [6, 6.07) is 10.6. The number of amides is 2. The molecule has 29 heavy (non-hydrogen) atoms. The van der Waals surface area contributed by atoms with Crippen LogP contribution in [0.15, 0.2) is 46.8 Å². The van der Waals surface area contributed by atoms with Gasteiger partial charge in [0.25, 0.3) is 0 Å². The first-order valence-electron chi connectivity index (χ1n) is 9.20. The lowest BCUT2D eigenvalue weighted by Crippen LogP contribution is -2.39. The van der Waals surface area contributed by atoms with Crippen molar-refractivity contribution in [2.45, 2.75) is 36.7 Å². The molecule has 1 fully saturated rings. The monoisotopic (exact) mass is 427 g/mol. The number of benzene rings is 2. The molecule has 1 atom stereocenters. The Kier molecular flexibility index (Phi) is 4.27. The lowest BCUT2D eigenvalue weighted by Gasteiger charge is -2.21. The van der Waals surface area contributed by atoms with E-state index >= 15 is 0 Å². The van der Waals surface area contributed by atoms with E-state index in [0.29, 0.717) is 19.4 Å². The van der Waals surface area contributed by atoms with Crippen LogP contribution < -0.4 is 5.32 Å². The van der Waals surface area contributed by atoms with Gasteiger partial charge in [0, 0.05) is 19.5 Å². The minimum Gasteiger partial charge on any atom is -0.296 e. The Morgan fingerprint density at radius 2 is 1.90 bits per heavy atom. The third-order valence-electron chi connectivity index (χ3n) is 5.51. The molecule has 7 nitrogen and oxygen atoms in total. The molecule has 5 rings (SSSR count). The summed E-state index contributed by atoms with van der Waals surface area (Å²) in [6.45, 7) is 0.563. The molecular formula is C20H17N3O4S2. The van der Waals surface area contributed by atoms with Crippen molar-refractivity contribution in [3.8, 4) is 0 Å². The van der Waals surface area contributed by atoms with E-state index in [4.69, 9.17) is 0 Å². The first kappa shape index (κ1) is 18.4. The molecule has 148 valence electrons. The maximum absolute atomic E-state index is 13.2. The van der Waals surface area contributed by atoms with E-state index < -0.39 is 10.0 Å². The van der Waals surface area contributed by atoms with E-state index in [9.17, 15) is 18.0 Å². The standard InChI is InChI=1S/C20H17N3O4S2/c24-19-6-4-16(20(25)22-19)12-1-2-13-9-23(10-14(13)7-12)29(26,27)15-3-5-17-18(8-15)28-11-21-17/h1-3,5,7-8,11,16H,4,6,9-10H2,(H,22,24,25). The predicted molar refractivity (Wildman–Crippen MR) is 108 cm³/mol. The van der Waals surface area contributed by atoms with Crippen molar-refractivity contribution in [2.24, 2.45) is 0 Å². The van der Waals surface area contributed by atoms with E-state index in [-0.39, 0.29) is 29.2 Å². The van der Waals surface area contributed by atoms with E-state index in [0.717, 1.165) is 26.9 Å². The van der Waals surface area contributed by atoms with Crippen LogP contribution in [0.3, 0.4) is 0 Å². The fourth-order valence-corrected chi connectivity index (χ4v) is 6.14. The van der Waals surface area contributed by atoms with Crippen molar-refractivity contribution < 1.29 is 18.0 Å². The number of hydrogen-bond acceptors (Lipinski definition) is 6. The number of carbonyl (C=O) groups is 2. The highest BCUT2D eigenvalue weighted by molar-refractivity contribution is 7.89. The molecule has 0 aliphatic carbocycles. The second-order valence-corrected chi connectivity index (χ2v) is 10.1. The number of imide groups is 1. The van der Waals surface area contributed by atoms with Gasteiger partial charge >= 0.3 is 0 Å². The maximum Gasteiger partial charge on any atom is 0.243 e. The molecule has 2 aromatic carbocycles. The lowest BCUT2D eigenvalue weighted by atomic mass is 9.89. The summed E-state index contributed by atoms with van der Waals surface area (Å²) in [7, 11) is -3.64. The Hall–Kier alpha value is -2.62. The summed E-state index contributed by atoms with van der Waals surface area (Å²) in [4.78, 5) is 28.0. The number of fused-ring (bicyclic) bond motifs is 2. The zero-order chi connectivity index (χ0) is 20.2. The number of thiazole rings is 1. The maximum atomic E-state index is 13.2. The Bertz CT molecular complexity index is 1270. The SMILES string of the molecule is O=C1CCC(c2ccc3c(c2)CN(S(=O)(=O)c2ccc4ncsc4c2)C3)C(=O)N1. The van der Waals surface area contributed by atoms with Crippen molar-refractivity contribution in [2.75, 3.05) is 0 Å². The van der Waals surface area contributed by atoms with Crippen LogP contribution in [0, 0.1) is 0 Å². The van der Waals surface area contributed by atoms with Gasteiger partial charge in [-0.05, 0) is 41.3 Å². The third-order valence-corrected chi connectivity index (χ3v) is 8.09. The average Bonchev–Trinajstić information content (AvgIpc) is 3.33. The molecule has 3 aromatic rings. The van der Waals surface area contributed by atoms with Crippen LogP contribution in [0.25, 0.3) is 10.2 Å². The first-order valence-corrected chi connectivity index (χ1v) is 11.5. The van der Waals surface area contributed by atoms with Gasteiger partial charge < -0.3 is 0 Å². The van der Waals surface area contributed by atoms with E-state index in [1.54, 1.807) is 23.7 Å². The fourth-order valence-electron chi connectivity index (χ4n) is 3.93. The molecule has 0 spiro atoms. The van der Waals surface area contributed by atoms with E-state index in [2.05, 4.69) is 10.3 Å². The number of aromatic nitrogens is 1. The van der Waals surface area contributed by atoms with E-state index in [1.807, 2.05) is 18.2 Å². The highest BCUT2D eigenvalue weighted by Gasteiger charge is 2.33. The molecular weight excluding hydrogens is 410 g/mol. The zero-order valence-electron chi connectivity index (χ0n) is 15.3. The second-order valence-electron chi connectivity index (χ2n) is 7.29. The summed E-state index contributed by atoms with van der Waals surface area (Å²) in [6.07, 6.45) is 0.786. The van der Waals surface area contributed by atoms with Gasteiger partial charge in [0.1, 0.15) is 0 Å². The number of hydrogen-bond donors (Lipinski definition) is 1. The zero-order valence-corrected chi connectivity index (χ0v) is 16.9. The van der Waals surface area contributed by atoms with Crippen LogP contribution >= 0.6 is 11.3 Å². The van der Waals surface area contributed by atoms with Crippen LogP contribution in [0.5, 0.6) is 0 Å². The summed E-state index contributed by atoms with van der Waals surface area (Å²) in [5.41, 5.74) is 5.13. The molecule has 3 heterocycles. The van der Waals surface area contributed by atoms with Crippen molar-refractivity contribution in [1.82, 2.24) is 14.6 Å². The molecule has 0 saturated carbocycles. The molecule has 1 unspecified atom stereocenters. The first-order chi connectivity index (χ1) is 13.9. The molecule has 1 aromatic heterocycles. The molecule has 2 aliphatic heterocycles. The fraction of sp³-hybridized carbons (Fsp3) is 0.250. The summed E-state index contributed by atoms with van der Waals surface area (Å²) in [5, 5.41) is 2.37. The number of sulfonamides is 1. The molecule has 2 amide bonds. The molecule has 9 heteroatoms.